The molecule has 0 spiro atoms. The SMILES string of the molecule is Cc1ccc(-c2cc3c(N[C@H](C)c4ccccc4)ncnc3s2)cc1. The number of fused-ring (bicyclic) bond motifs is 1. The van der Waals surface area contributed by atoms with Crippen molar-refractivity contribution < 1.29 is 0 Å². The number of thiophene rings is 1. The third kappa shape index (κ3) is 3.26. The first-order valence-corrected chi connectivity index (χ1v) is 9.15. The van der Waals surface area contributed by atoms with Gasteiger partial charge >= 0.3 is 0 Å². The maximum atomic E-state index is 4.48. The van der Waals surface area contributed by atoms with Crippen molar-refractivity contribution in [1.29, 1.82) is 0 Å². The van der Waals surface area contributed by atoms with Crippen molar-refractivity contribution >= 4 is 27.4 Å². The van der Waals surface area contributed by atoms with Crippen molar-refractivity contribution in [2.75, 3.05) is 5.32 Å². The number of hydrogen-bond acceptors (Lipinski definition) is 4. The molecule has 0 aliphatic rings. The smallest absolute Gasteiger partial charge is 0.138 e. The molecular formula is C21H19N3S. The van der Waals surface area contributed by atoms with Gasteiger partial charge in [-0.25, -0.2) is 9.97 Å². The number of aryl methyl sites for hydroxylation is 1. The first kappa shape index (κ1) is 15.8. The molecule has 0 saturated heterocycles. The summed E-state index contributed by atoms with van der Waals surface area (Å²) in [5, 5.41) is 4.61. The van der Waals surface area contributed by atoms with E-state index in [4.69, 9.17) is 0 Å². The van der Waals surface area contributed by atoms with Crippen LogP contribution >= 0.6 is 11.3 Å². The standard InChI is InChI=1S/C21H19N3S/c1-14-8-10-17(11-9-14)19-12-18-20(22-13-23-21(18)25-19)24-15(2)16-6-4-3-5-7-16/h3-13,15H,1-2H3,(H,22,23,24)/t15-/m1/s1. The molecule has 0 fully saturated rings. The van der Waals surface area contributed by atoms with E-state index in [-0.39, 0.29) is 6.04 Å². The Balaban J connectivity index is 1.69. The number of anilines is 1. The van der Waals surface area contributed by atoms with Gasteiger partial charge < -0.3 is 5.32 Å². The Bertz CT molecular complexity index is 991. The topological polar surface area (TPSA) is 37.8 Å². The highest BCUT2D eigenvalue weighted by Gasteiger charge is 2.12. The molecule has 2 heterocycles. The second-order valence-corrected chi connectivity index (χ2v) is 7.23. The van der Waals surface area contributed by atoms with E-state index in [0.29, 0.717) is 0 Å². The van der Waals surface area contributed by atoms with Gasteiger partial charge in [-0.3, -0.25) is 0 Å². The van der Waals surface area contributed by atoms with Crippen LogP contribution in [0.3, 0.4) is 0 Å². The second-order valence-electron chi connectivity index (χ2n) is 6.19. The number of nitrogens with one attached hydrogen (secondary N) is 1. The summed E-state index contributed by atoms with van der Waals surface area (Å²) in [6.07, 6.45) is 1.64. The highest BCUT2D eigenvalue weighted by molar-refractivity contribution is 7.21. The van der Waals surface area contributed by atoms with Gasteiger partial charge in [0, 0.05) is 10.9 Å². The summed E-state index contributed by atoms with van der Waals surface area (Å²) in [5.41, 5.74) is 3.72. The maximum Gasteiger partial charge on any atom is 0.138 e. The third-order valence-electron chi connectivity index (χ3n) is 4.32. The molecule has 124 valence electrons. The third-order valence-corrected chi connectivity index (χ3v) is 5.41. The molecule has 4 rings (SSSR count). The van der Waals surface area contributed by atoms with E-state index in [1.54, 1.807) is 17.7 Å². The van der Waals surface area contributed by atoms with Crippen LogP contribution in [0.1, 0.15) is 24.1 Å². The van der Waals surface area contributed by atoms with Crippen LogP contribution in [0.25, 0.3) is 20.7 Å². The van der Waals surface area contributed by atoms with Gasteiger partial charge in [-0.05, 0) is 31.0 Å². The summed E-state index contributed by atoms with van der Waals surface area (Å²) in [6.45, 7) is 4.25. The van der Waals surface area contributed by atoms with Crippen LogP contribution < -0.4 is 5.32 Å². The van der Waals surface area contributed by atoms with Gasteiger partial charge in [0.25, 0.3) is 0 Å². The van der Waals surface area contributed by atoms with Crippen LogP contribution in [-0.4, -0.2) is 9.97 Å². The van der Waals surface area contributed by atoms with Gasteiger partial charge in [-0.2, -0.15) is 0 Å². The van der Waals surface area contributed by atoms with Gasteiger partial charge in [0.1, 0.15) is 17.0 Å². The van der Waals surface area contributed by atoms with E-state index in [2.05, 4.69) is 83.7 Å². The van der Waals surface area contributed by atoms with Crippen LogP contribution in [0.15, 0.2) is 67.0 Å². The lowest BCUT2D eigenvalue weighted by Gasteiger charge is -2.15. The maximum absolute atomic E-state index is 4.48. The van der Waals surface area contributed by atoms with Crippen molar-refractivity contribution in [3.8, 4) is 10.4 Å². The molecule has 0 aliphatic carbocycles. The summed E-state index contributed by atoms with van der Waals surface area (Å²) in [4.78, 5) is 11.2. The summed E-state index contributed by atoms with van der Waals surface area (Å²) in [7, 11) is 0. The lowest BCUT2D eigenvalue weighted by molar-refractivity contribution is 0.876. The summed E-state index contributed by atoms with van der Waals surface area (Å²) < 4.78 is 0. The minimum absolute atomic E-state index is 0.182. The van der Waals surface area contributed by atoms with E-state index in [1.807, 2.05) is 6.07 Å². The Morgan fingerprint density at radius 2 is 1.72 bits per heavy atom. The van der Waals surface area contributed by atoms with Gasteiger partial charge in [-0.1, -0.05) is 60.2 Å². The van der Waals surface area contributed by atoms with Crippen LogP contribution in [0, 0.1) is 6.92 Å². The van der Waals surface area contributed by atoms with Gasteiger partial charge in [0.15, 0.2) is 0 Å². The molecule has 0 radical (unpaired) electrons. The van der Waals surface area contributed by atoms with Gasteiger partial charge in [0.05, 0.1) is 5.39 Å². The zero-order valence-electron chi connectivity index (χ0n) is 14.2. The molecule has 0 unspecified atom stereocenters. The zero-order chi connectivity index (χ0) is 17.2. The molecule has 2 aromatic carbocycles. The fourth-order valence-corrected chi connectivity index (χ4v) is 3.87. The first-order chi connectivity index (χ1) is 12.2. The molecule has 1 atom stereocenters. The quantitative estimate of drug-likeness (QED) is 0.505. The molecule has 0 saturated carbocycles. The summed E-state index contributed by atoms with van der Waals surface area (Å²) in [5.74, 6) is 0.885. The van der Waals surface area contributed by atoms with Gasteiger partial charge in [-0.15, -0.1) is 11.3 Å². The van der Waals surface area contributed by atoms with E-state index in [1.165, 1.54) is 21.6 Å². The van der Waals surface area contributed by atoms with Crippen LogP contribution in [-0.2, 0) is 0 Å². The molecule has 0 aliphatic heterocycles. The van der Waals surface area contributed by atoms with Crippen molar-refractivity contribution in [3.63, 3.8) is 0 Å². The molecule has 4 heteroatoms. The fourth-order valence-electron chi connectivity index (χ4n) is 2.86. The normalized spacial score (nSPS) is 12.2. The Labute approximate surface area is 151 Å². The number of aromatic nitrogens is 2. The molecule has 4 aromatic rings. The number of hydrogen-bond donors (Lipinski definition) is 1. The average Bonchev–Trinajstić information content (AvgIpc) is 3.08. The minimum Gasteiger partial charge on any atom is -0.363 e. The number of benzene rings is 2. The van der Waals surface area contributed by atoms with Gasteiger partial charge in [0.2, 0.25) is 0 Å². The molecular weight excluding hydrogens is 326 g/mol. The van der Waals surface area contributed by atoms with E-state index in [9.17, 15) is 0 Å². The van der Waals surface area contributed by atoms with Crippen molar-refractivity contribution in [2.24, 2.45) is 0 Å². The average molecular weight is 345 g/mol. The highest BCUT2D eigenvalue weighted by atomic mass is 32.1. The fraction of sp³-hybridized carbons (Fsp3) is 0.143. The minimum atomic E-state index is 0.182. The van der Waals surface area contributed by atoms with E-state index < -0.39 is 0 Å². The molecule has 2 aromatic heterocycles. The van der Waals surface area contributed by atoms with E-state index in [0.717, 1.165) is 16.0 Å². The predicted octanol–water partition coefficient (Wildman–Crippen LogP) is 5.84. The van der Waals surface area contributed by atoms with E-state index >= 15 is 0 Å². The molecule has 3 nitrogen and oxygen atoms in total. The number of nitrogens with zero attached hydrogens (tertiary/aromatic N) is 2. The van der Waals surface area contributed by atoms with Crippen molar-refractivity contribution in [3.05, 3.63) is 78.1 Å². The molecule has 0 bridgehead atoms. The molecule has 1 N–H and O–H groups in total. The largest absolute Gasteiger partial charge is 0.363 e. The summed E-state index contributed by atoms with van der Waals surface area (Å²) >= 11 is 1.70. The monoisotopic (exact) mass is 345 g/mol. The molecule has 0 amide bonds. The lowest BCUT2D eigenvalue weighted by atomic mass is 10.1. The highest BCUT2D eigenvalue weighted by Crippen LogP contribution is 2.35. The Morgan fingerprint density at radius 1 is 0.960 bits per heavy atom. The van der Waals surface area contributed by atoms with Crippen LogP contribution in [0.5, 0.6) is 0 Å². The van der Waals surface area contributed by atoms with Crippen LogP contribution in [0.4, 0.5) is 5.82 Å². The summed E-state index contributed by atoms with van der Waals surface area (Å²) in [6, 6.07) is 21.4. The number of rotatable bonds is 4. The predicted molar refractivity (Wildman–Crippen MR) is 106 cm³/mol. The Kier molecular flexibility index (Phi) is 4.20. The first-order valence-electron chi connectivity index (χ1n) is 8.34. The molecule has 25 heavy (non-hydrogen) atoms. The van der Waals surface area contributed by atoms with Crippen molar-refractivity contribution in [1.82, 2.24) is 9.97 Å². The second kappa shape index (κ2) is 6.65. The lowest BCUT2D eigenvalue weighted by Crippen LogP contribution is -2.08. The van der Waals surface area contributed by atoms with Crippen LogP contribution in [0.2, 0.25) is 0 Å². The Hall–Kier alpha value is -2.72. The zero-order valence-corrected chi connectivity index (χ0v) is 15.0. The Morgan fingerprint density at radius 3 is 2.48 bits per heavy atom. The van der Waals surface area contributed by atoms with Crippen molar-refractivity contribution in [2.45, 2.75) is 19.9 Å².